The zero-order chi connectivity index (χ0) is 21.2. The van der Waals surface area contributed by atoms with E-state index in [0.29, 0.717) is 19.1 Å². The average Bonchev–Trinajstić information content (AvgIpc) is 3.27. The van der Waals surface area contributed by atoms with Crippen molar-refractivity contribution in [3.8, 4) is 0 Å². The molecule has 2 aliphatic rings. The van der Waals surface area contributed by atoms with Gasteiger partial charge in [-0.1, -0.05) is 19.3 Å². The summed E-state index contributed by atoms with van der Waals surface area (Å²) in [6.45, 7) is 4.94. The summed E-state index contributed by atoms with van der Waals surface area (Å²) < 4.78 is 1.05. The maximum atomic E-state index is 13.0. The molecule has 1 aromatic carbocycles. The molecule has 1 aliphatic heterocycles. The van der Waals surface area contributed by atoms with Crippen LogP contribution in [0.25, 0.3) is 10.2 Å². The molecule has 0 bridgehead atoms. The predicted molar refractivity (Wildman–Crippen MR) is 125 cm³/mol. The molecular formula is C23H28N6OS. The van der Waals surface area contributed by atoms with Gasteiger partial charge in [-0.05, 0) is 38.0 Å². The van der Waals surface area contributed by atoms with Crippen LogP contribution in [-0.2, 0) is 0 Å². The fraction of sp³-hybridized carbons (Fsp3) is 0.478. The number of amides is 1. The van der Waals surface area contributed by atoms with Crippen LogP contribution in [0, 0.1) is 6.92 Å². The van der Waals surface area contributed by atoms with E-state index in [0.717, 1.165) is 46.3 Å². The summed E-state index contributed by atoms with van der Waals surface area (Å²) in [4.78, 5) is 30.9. The topological polar surface area (TPSA) is 74.2 Å². The second-order valence-electron chi connectivity index (χ2n) is 8.48. The van der Waals surface area contributed by atoms with Gasteiger partial charge in [0.2, 0.25) is 5.95 Å². The number of benzene rings is 1. The molecule has 5 rings (SSSR count). The zero-order valence-corrected chi connectivity index (χ0v) is 18.7. The van der Waals surface area contributed by atoms with Gasteiger partial charge in [-0.15, -0.1) is 11.3 Å². The Morgan fingerprint density at radius 3 is 2.68 bits per heavy atom. The third-order valence-electron chi connectivity index (χ3n) is 6.25. The van der Waals surface area contributed by atoms with E-state index in [1.165, 1.54) is 32.1 Å². The molecule has 1 saturated carbocycles. The number of aryl methyl sites for hydroxylation is 1. The van der Waals surface area contributed by atoms with E-state index in [-0.39, 0.29) is 5.91 Å². The summed E-state index contributed by atoms with van der Waals surface area (Å²) in [6, 6.07) is 8.29. The first kappa shape index (κ1) is 20.2. The predicted octanol–water partition coefficient (Wildman–Crippen LogP) is 4.10. The molecule has 7 nitrogen and oxygen atoms in total. The van der Waals surface area contributed by atoms with Gasteiger partial charge in [-0.3, -0.25) is 4.79 Å². The fourth-order valence-electron chi connectivity index (χ4n) is 4.52. The minimum absolute atomic E-state index is 0.0912. The Balaban J connectivity index is 1.24. The number of rotatable bonds is 4. The highest BCUT2D eigenvalue weighted by atomic mass is 32.1. The maximum Gasteiger partial charge on any atom is 0.254 e. The van der Waals surface area contributed by atoms with Crippen molar-refractivity contribution in [1.82, 2.24) is 19.9 Å². The van der Waals surface area contributed by atoms with Gasteiger partial charge < -0.3 is 15.1 Å². The Hall–Kier alpha value is -2.74. The molecular weight excluding hydrogens is 408 g/mol. The number of carbonyl (C=O) groups excluding carboxylic acids is 1. The molecule has 0 radical (unpaired) electrons. The van der Waals surface area contributed by atoms with E-state index in [9.17, 15) is 4.79 Å². The Kier molecular flexibility index (Phi) is 5.72. The molecule has 31 heavy (non-hydrogen) atoms. The van der Waals surface area contributed by atoms with Crippen molar-refractivity contribution < 1.29 is 4.79 Å². The third kappa shape index (κ3) is 4.49. The average molecular weight is 437 g/mol. The standard InChI is InChI=1S/C23H28N6OS/c1-16-13-21(27-23(25-16)26-18-5-3-2-4-6-18)28-9-11-29(12-10-28)22(30)17-7-8-19-20(14-17)31-15-24-19/h7-8,13-15,18H,2-6,9-12H2,1H3,(H,25,26,27). The van der Waals surface area contributed by atoms with Gasteiger partial charge in [0.05, 0.1) is 15.7 Å². The highest BCUT2D eigenvalue weighted by Crippen LogP contribution is 2.24. The van der Waals surface area contributed by atoms with Gasteiger partial charge in [-0.2, -0.15) is 4.98 Å². The molecule has 1 amide bonds. The van der Waals surface area contributed by atoms with Crippen LogP contribution < -0.4 is 10.2 Å². The molecule has 0 unspecified atom stereocenters. The smallest absolute Gasteiger partial charge is 0.254 e. The van der Waals surface area contributed by atoms with Crippen LogP contribution in [0.5, 0.6) is 0 Å². The van der Waals surface area contributed by atoms with Crippen molar-refractivity contribution in [2.45, 2.75) is 45.1 Å². The van der Waals surface area contributed by atoms with Crippen molar-refractivity contribution >= 4 is 39.2 Å². The molecule has 1 saturated heterocycles. The SMILES string of the molecule is Cc1cc(N2CCN(C(=O)c3ccc4ncsc4c3)CC2)nc(NC2CCCCC2)n1. The second-order valence-corrected chi connectivity index (χ2v) is 9.37. The van der Waals surface area contributed by atoms with E-state index in [2.05, 4.69) is 20.2 Å². The number of carbonyl (C=O) groups is 1. The largest absolute Gasteiger partial charge is 0.353 e. The van der Waals surface area contributed by atoms with Gasteiger partial charge in [0.15, 0.2) is 0 Å². The number of fused-ring (bicyclic) bond motifs is 1. The van der Waals surface area contributed by atoms with E-state index < -0.39 is 0 Å². The number of hydrogen-bond acceptors (Lipinski definition) is 7. The second kappa shape index (κ2) is 8.78. The molecule has 2 fully saturated rings. The summed E-state index contributed by atoms with van der Waals surface area (Å²) in [5.41, 5.74) is 4.48. The first-order valence-corrected chi connectivity index (χ1v) is 12.0. The van der Waals surface area contributed by atoms with Gasteiger partial charge in [0.1, 0.15) is 5.82 Å². The van der Waals surface area contributed by atoms with Crippen LogP contribution in [0.2, 0.25) is 0 Å². The van der Waals surface area contributed by atoms with Crippen LogP contribution >= 0.6 is 11.3 Å². The first-order chi connectivity index (χ1) is 15.2. The van der Waals surface area contributed by atoms with Crippen molar-refractivity contribution in [1.29, 1.82) is 0 Å². The molecule has 3 aromatic rings. The highest BCUT2D eigenvalue weighted by molar-refractivity contribution is 7.16. The first-order valence-electron chi connectivity index (χ1n) is 11.2. The number of piperazine rings is 1. The van der Waals surface area contributed by atoms with Gasteiger partial charge >= 0.3 is 0 Å². The number of anilines is 2. The van der Waals surface area contributed by atoms with Crippen LogP contribution in [0.1, 0.15) is 48.2 Å². The minimum Gasteiger partial charge on any atom is -0.353 e. The summed E-state index contributed by atoms with van der Waals surface area (Å²) >= 11 is 1.57. The van der Waals surface area contributed by atoms with E-state index in [1.54, 1.807) is 11.3 Å². The van der Waals surface area contributed by atoms with Gasteiger partial charge in [0, 0.05) is 49.5 Å². The lowest BCUT2D eigenvalue weighted by Crippen LogP contribution is -2.49. The number of aromatic nitrogens is 3. The van der Waals surface area contributed by atoms with Crippen molar-refractivity contribution in [3.63, 3.8) is 0 Å². The summed E-state index contributed by atoms with van der Waals surface area (Å²) in [5, 5.41) is 3.54. The summed E-state index contributed by atoms with van der Waals surface area (Å²) in [5.74, 6) is 1.77. The Labute approximate surface area is 186 Å². The van der Waals surface area contributed by atoms with Gasteiger partial charge in [0.25, 0.3) is 5.91 Å². The van der Waals surface area contributed by atoms with Crippen molar-refractivity contribution in [2.24, 2.45) is 0 Å². The monoisotopic (exact) mass is 436 g/mol. The van der Waals surface area contributed by atoms with E-state index >= 15 is 0 Å². The van der Waals surface area contributed by atoms with Crippen LogP contribution in [0.3, 0.4) is 0 Å². The van der Waals surface area contributed by atoms with Crippen molar-refractivity contribution in [2.75, 3.05) is 36.4 Å². The molecule has 1 aliphatic carbocycles. The highest BCUT2D eigenvalue weighted by Gasteiger charge is 2.24. The molecule has 8 heteroatoms. The molecule has 3 heterocycles. The molecule has 2 aromatic heterocycles. The van der Waals surface area contributed by atoms with Crippen LogP contribution in [0.15, 0.2) is 29.8 Å². The Bertz CT molecular complexity index is 1070. The number of thiazole rings is 1. The molecule has 1 N–H and O–H groups in total. The number of nitrogens with one attached hydrogen (secondary N) is 1. The summed E-state index contributed by atoms with van der Waals surface area (Å²) in [7, 11) is 0. The molecule has 162 valence electrons. The zero-order valence-electron chi connectivity index (χ0n) is 17.9. The minimum atomic E-state index is 0.0912. The molecule has 0 atom stereocenters. The normalized spacial score (nSPS) is 17.8. The lowest BCUT2D eigenvalue weighted by molar-refractivity contribution is 0.0746. The van der Waals surface area contributed by atoms with Gasteiger partial charge in [-0.25, -0.2) is 9.97 Å². The number of hydrogen-bond donors (Lipinski definition) is 1. The quantitative estimate of drug-likeness (QED) is 0.664. The van der Waals surface area contributed by atoms with Crippen molar-refractivity contribution in [3.05, 3.63) is 41.0 Å². The maximum absolute atomic E-state index is 13.0. The lowest BCUT2D eigenvalue weighted by Gasteiger charge is -2.35. The lowest BCUT2D eigenvalue weighted by atomic mass is 9.96. The third-order valence-corrected chi connectivity index (χ3v) is 7.04. The number of nitrogens with zero attached hydrogens (tertiary/aromatic N) is 5. The van der Waals surface area contributed by atoms with E-state index in [4.69, 9.17) is 4.98 Å². The molecule has 0 spiro atoms. The fourth-order valence-corrected chi connectivity index (χ4v) is 5.23. The Morgan fingerprint density at radius 2 is 1.87 bits per heavy atom. The van der Waals surface area contributed by atoms with Crippen LogP contribution in [-0.4, -0.2) is 58.0 Å². The summed E-state index contributed by atoms with van der Waals surface area (Å²) in [6.07, 6.45) is 6.28. The Morgan fingerprint density at radius 1 is 1.06 bits per heavy atom. The van der Waals surface area contributed by atoms with E-state index in [1.807, 2.05) is 41.6 Å². The van der Waals surface area contributed by atoms with Crippen LogP contribution in [0.4, 0.5) is 11.8 Å².